The molecule has 124 valence electrons. The highest BCUT2D eigenvalue weighted by molar-refractivity contribution is 5.93. The van der Waals surface area contributed by atoms with Gasteiger partial charge in [0.25, 0.3) is 0 Å². The van der Waals surface area contributed by atoms with Gasteiger partial charge < -0.3 is 4.90 Å². The molecule has 24 heavy (non-hydrogen) atoms. The van der Waals surface area contributed by atoms with E-state index in [4.69, 9.17) is 0 Å². The van der Waals surface area contributed by atoms with Crippen molar-refractivity contribution in [3.8, 4) is 0 Å². The number of amides is 2. The zero-order chi connectivity index (χ0) is 16.4. The minimum absolute atomic E-state index is 0.173. The highest BCUT2D eigenvalue weighted by atomic mass is 16.2. The molecule has 1 fully saturated rings. The first-order valence-corrected chi connectivity index (χ1v) is 8.87. The van der Waals surface area contributed by atoms with Gasteiger partial charge in [0.1, 0.15) is 0 Å². The molecule has 0 aliphatic carbocycles. The normalized spacial score (nSPS) is 18.3. The summed E-state index contributed by atoms with van der Waals surface area (Å²) in [7, 11) is 0. The van der Waals surface area contributed by atoms with Crippen molar-refractivity contribution >= 4 is 11.7 Å². The van der Waals surface area contributed by atoms with Gasteiger partial charge in [0.15, 0.2) is 0 Å². The number of anilines is 1. The average molecular weight is 321 g/mol. The first-order chi connectivity index (χ1) is 11.8. The van der Waals surface area contributed by atoms with Crippen molar-refractivity contribution in [3.05, 3.63) is 59.9 Å². The van der Waals surface area contributed by atoms with Crippen LogP contribution in [-0.2, 0) is 6.42 Å². The topological polar surface area (TPSA) is 36.4 Å². The lowest BCUT2D eigenvalue weighted by Crippen LogP contribution is -2.48. The number of likely N-dealkylation sites (tertiary alicyclic amines) is 1. The Bertz CT molecular complexity index is 708. The van der Waals surface area contributed by atoms with E-state index in [2.05, 4.69) is 29.2 Å². The monoisotopic (exact) mass is 321 g/mol. The summed E-state index contributed by atoms with van der Waals surface area (Å²) in [6.07, 6.45) is 7.94. The standard InChI is InChI=1S/C20H23N3O/c24-20(23-12-4-7-17-5-1-2-8-19(17)23)22-13-9-16(10-14-22)18-6-3-11-21-15-18/h1-3,5-6,8,11,15-16H,4,7,9-10,12-14H2. The second kappa shape index (κ2) is 6.63. The van der Waals surface area contributed by atoms with Crippen LogP contribution in [0, 0.1) is 0 Å². The first-order valence-electron chi connectivity index (χ1n) is 8.87. The molecule has 0 bridgehead atoms. The van der Waals surface area contributed by atoms with Crippen LogP contribution in [0.25, 0.3) is 0 Å². The summed E-state index contributed by atoms with van der Waals surface area (Å²) in [5.74, 6) is 0.524. The van der Waals surface area contributed by atoms with Crippen LogP contribution in [0.1, 0.15) is 36.3 Å². The number of para-hydroxylation sites is 1. The summed E-state index contributed by atoms with van der Waals surface area (Å²) in [5, 5.41) is 0. The molecule has 1 aromatic heterocycles. The van der Waals surface area contributed by atoms with Crippen molar-refractivity contribution in [3.63, 3.8) is 0 Å². The quantitative estimate of drug-likeness (QED) is 0.800. The summed E-state index contributed by atoms with van der Waals surface area (Å²) in [6.45, 7) is 2.49. The van der Waals surface area contributed by atoms with E-state index in [-0.39, 0.29) is 6.03 Å². The Morgan fingerprint density at radius 1 is 1.04 bits per heavy atom. The number of hydrogen-bond donors (Lipinski definition) is 0. The van der Waals surface area contributed by atoms with Gasteiger partial charge >= 0.3 is 6.03 Å². The van der Waals surface area contributed by atoms with Gasteiger partial charge in [-0.3, -0.25) is 9.88 Å². The van der Waals surface area contributed by atoms with E-state index in [9.17, 15) is 4.79 Å². The fourth-order valence-electron chi connectivity index (χ4n) is 3.92. The lowest BCUT2D eigenvalue weighted by Gasteiger charge is -2.38. The van der Waals surface area contributed by atoms with E-state index in [1.165, 1.54) is 11.1 Å². The van der Waals surface area contributed by atoms with E-state index in [0.29, 0.717) is 5.92 Å². The van der Waals surface area contributed by atoms with Gasteiger partial charge in [0.05, 0.1) is 0 Å². The largest absolute Gasteiger partial charge is 0.324 e. The Labute approximate surface area is 143 Å². The van der Waals surface area contributed by atoms with Crippen LogP contribution >= 0.6 is 0 Å². The highest BCUT2D eigenvalue weighted by Gasteiger charge is 2.29. The van der Waals surface area contributed by atoms with Crippen LogP contribution in [0.5, 0.6) is 0 Å². The number of nitrogens with zero attached hydrogens (tertiary/aromatic N) is 3. The molecule has 2 aliphatic rings. The summed E-state index contributed by atoms with van der Waals surface area (Å²) in [6, 6.07) is 12.6. The van der Waals surface area contributed by atoms with Crippen molar-refractivity contribution in [2.24, 2.45) is 0 Å². The first kappa shape index (κ1) is 15.2. The van der Waals surface area contributed by atoms with Crippen LogP contribution in [0.4, 0.5) is 10.5 Å². The van der Waals surface area contributed by atoms with Crippen molar-refractivity contribution in [1.29, 1.82) is 0 Å². The van der Waals surface area contributed by atoms with Crippen LogP contribution in [-0.4, -0.2) is 35.5 Å². The number of carbonyl (C=O) groups is 1. The van der Waals surface area contributed by atoms with E-state index < -0.39 is 0 Å². The maximum atomic E-state index is 13.0. The predicted molar refractivity (Wildman–Crippen MR) is 95.3 cm³/mol. The molecule has 0 spiro atoms. The molecule has 0 radical (unpaired) electrons. The van der Waals surface area contributed by atoms with Gasteiger partial charge in [-0.25, -0.2) is 4.79 Å². The number of benzene rings is 1. The molecule has 4 rings (SSSR count). The van der Waals surface area contributed by atoms with Gasteiger partial charge in [-0.05, 0) is 54.9 Å². The summed E-state index contributed by atoms with van der Waals surface area (Å²) < 4.78 is 0. The smallest absolute Gasteiger partial charge is 0.324 e. The second-order valence-electron chi connectivity index (χ2n) is 6.71. The van der Waals surface area contributed by atoms with Crippen LogP contribution in [0.2, 0.25) is 0 Å². The number of hydrogen-bond acceptors (Lipinski definition) is 2. The van der Waals surface area contributed by atoms with E-state index in [0.717, 1.165) is 51.0 Å². The van der Waals surface area contributed by atoms with Gasteiger partial charge in [-0.2, -0.15) is 0 Å². The van der Waals surface area contributed by atoms with Gasteiger partial charge in [0, 0.05) is 37.7 Å². The number of carbonyl (C=O) groups excluding carboxylic acids is 1. The fourth-order valence-corrected chi connectivity index (χ4v) is 3.92. The predicted octanol–water partition coefficient (Wildman–Crippen LogP) is 3.83. The van der Waals surface area contributed by atoms with Gasteiger partial charge in [-0.1, -0.05) is 24.3 Å². The number of urea groups is 1. The second-order valence-corrected chi connectivity index (χ2v) is 6.71. The minimum Gasteiger partial charge on any atom is -0.324 e. The van der Waals surface area contributed by atoms with E-state index in [1.807, 2.05) is 34.3 Å². The zero-order valence-corrected chi connectivity index (χ0v) is 13.9. The highest BCUT2D eigenvalue weighted by Crippen LogP contribution is 2.31. The third-order valence-electron chi connectivity index (χ3n) is 5.26. The maximum absolute atomic E-state index is 13.0. The maximum Gasteiger partial charge on any atom is 0.324 e. The lowest BCUT2D eigenvalue weighted by atomic mass is 9.90. The van der Waals surface area contributed by atoms with Crippen LogP contribution < -0.4 is 4.90 Å². The molecule has 2 aromatic rings. The van der Waals surface area contributed by atoms with E-state index >= 15 is 0 Å². The molecule has 0 atom stereocenters. The van der Waals surface area contributed by atoms with Crippen LogP contribution in [0.15, 0.2) is 48.8 Å². The molecule has 0 unspecified atom stereocenters. The van der Waals surface area contributed by atoms with Crippen molar-refractivity contribution in [2.45, 2.75) is 31.6 Å². The molecule has 0 saturated carbocycles. The van der Waals surface area contributed by atoms with Crippen molar-refractivity contribution < 1.29 is 4.79 Å². The molecule has 1 aromatic carbocycles. The SMILES string of the molecule is O=C(N1CCC(c2cccnc2)CC1)N1CCCc2ccccc21. The van der Waals surface area contributed by atoms with Gasteiger partial charge in [0.2, 0.25) is 0 Å². The Morgan fingerprint density at radius 2 is 1.88 bits per heavy atom. The number of pyridine rings is 1. The lowest BCUT2D eigenvalue weighted by molar-refractivity contribution is 0.187. The fraction of sp³-hybridized carbons (Fsp3) is 0.400. The number of aryl methyl sites for hydroxylation is 1. The molecule has 2 aliphatic heterocycles. The van der Waals surface area contributed by atoms with Crippen molar-refractivity contribution in [1.82, 2.24) is 9.88 Å². The summed E-state index contributed by atoms with van der Waals surface area (Å²) in [4.78, 5) is 21.2. The third-order valence-corrected chi connectivity index (χ3v) is 5.26. The van der Waals surface area contributed by atoms with Gasteiger partial charge in [-0.15, -0.1) is 0 Å². The van der Waals surface area contributed by atoms with E-state index in [1.54, 1.807) is 0 Å². The Balaban J connectivity index is 1.44. The van der Waals surface area contributed by atoms with Crippen molar-refractivity contribution in [2.75, 3.05) is 24.5 Å². The Hall–Kier alpha value is -2.36. The van der Waals surface area contributed by atoms with Crippen LogP contribution in [0.3, 0.4) is 0 Å². The average Bonchev–Trinajstić information content (AvgIpc) is 2.68. The molecule has 4 heteroatoms. The molecular weight excluding hydrogens is 298 g/mol. The molecular formula is C20H23N3O. The molecule has 3 heterocycles. The number of aromatic nitrogens is 1. The Morgan fingerprint density at radius 3 is 2.67 bits per heavy atom. The summed E-state index contributed by atoms with van der Waals surface area (Å²) >= 11 is 0. The Kier molecular flexibility index (Phi) is 4.20. The molecule has 2 amide bonds. The number of fused-ring (bicyclic) bond motifs is 1. The molecule has 4 nitrogen and oxygen atoms in total. The molecule has 1 saturated heterocycles. The third kappa shape index (κ3) is 2.88. The number of rotatable bonds is 1. The zero-order valence-electron chi connectivity index (χ0n) is 13.9. The summed E-state index contributed by atoms with van der Waals surface area (Å²) in [5.41, 5.74) is 3.69. The minimum atomic E-state index is 0.173. The molecule has 0 N–H and O–H groups in total. The number of piperidine rings is 1.